The molecule has 1 saturated carbocycles. The van der Waals surface area contributed by atoms with Gasteiger partial charge in [-0.1, -0.05) is 19.8 Å². The highest BCUT2D eigenvalue weighted by atomic mass is 127. The van der Waals surface area contributed by atoms with E-state index in [0.717, 1.165) is 19.0 Å². The van der Waals surface area contributed by atoms with E-state index in [4.69, 9.17) is 4.74 Å². The van der Waals surface area contributed by atoms with E-state index >= 15 is 0 Å². The van der Waals surface area contributed by atoms with Gasteiger partial charge in [0.2, 0.25) is 0 Å². The molecule has 0 atom stereocenters. The fraction of sp³-hybridized carbons (Fsp3) is 0.933. The van der Waals surface area contributed by atoms with E-state index in [0.29, 0.717) is 5.41 Å². The van der Waals surface area contributed by atoms with Gasteiger partial charge in [0.1, 0.15) is 0 Å². The summed E-state index contributed by atoms with van der Waals surface area (Å²) in [5.41, 5.74) is 0.307. The first-order chi connectivity index (χ1) is 8.97. The Morgan fingerprint density at radius 1 is 1.25 bits per heavy atom. The molecule has 0 aromatic rings. The van der Waals surface area contributed by atoms with Gasteiger partial charge in [0.15, 0.2) is 5.96 Å². The number of methoxy groups -OCH3 is 1. The van der Waals surface area contributed by atoms with Crippen LogP contribution in [0.3, 0.4) is 0 Å². The van der Waals surface area contributed by atoms with Crippen LogP contribution in [-0.4, -0.2) is 38.8 Å². The maximum atomic E-state index is 5.41. The van der Waals surface area contributed by atoms with Crippen LogP contribution in [0.1, 0.15) is 52.9 Å². The smallest absolute Gasteiger partial charge is 0.191 e. The Morgan fingerprint density at radius 3 is 2.30 bits per heavy atom. The summed E-state index contributed by atoms with van der Waals surface area (Å²) in [5.74, 6) is 0.879. The molecule has 0 aliphatic heterocycles. The zero-order chi connectivity index (χ0) is 14.4. The van der Waals surface area contributed by atoms with Gasteiger partial charge in [-0.3, -0.25) is 4.99 Å². The van der Waals surface area contributed by atoms with Gasteiger partial charge in [-0.25, -0.2) is 0 Å². The van der Waals surface area contributed by atoms with Gasteiger partial charge in [0.05, 0.1) is 5.60 Å². The standard InChI is InChI=1S/C15H31N3O.HI/c1-6-15(9-7-8-10-15)12-18-13(16-4)17-11-14(2,3)19-5;/h6-12H2,1-5H3,(H2,16,17,18);1H. The Kier molecular flexibility index (Phi) is 9.06. The molecule has 0 aromatic heterocycles. The third kappa shape index (κ3) is 6.16. The Labute approximate surface area is 141 Å². The Balaban J connectivity index is 0.00000361. The van der Waals surface area contributed by atoms with Gasteiger partial charge in [-0.05, 0) is 38.5 Å². The van der Waals surface area contributed by atoms with Crippen molar-refractivity contribution in [2.45, 2.75) is 58.5 Å². The van der Waals surface area contributed by atoms with E-state index in [-0.39, 0.29) is 29.6 Å². The van der Waals surface area contributed by atoms with Crippen molar-refractivity contribution in [2.24, 2.45) is 10.4 Å². The van der Waals surface area contributed by atoms with Crippen LogP contribution in [0.4, 0.5) is 0 Å². The molecular weight excluding hydrogens is 365 g/mol. The minimum absolute atomic E-state index is 0. The van der Waals surface area contributed by atoms with Gasteiger partial charge in [-0.2, -0.15) is 0 Å². The molecule has 2 N–H and O–H groups in total. The number of ether oxygens (including phenoxy) is 1. The van der Waals surface area contributed by atoms with Crippen molar-refractivity contribution in [3.05, 3.63) is 0 Å². The zero-order valence-electron chi connectivity index (χ0n) is 13.7. The van der Waals surface area contributed by atoms with E-state index in [1.807, 2.05) is 7.05 Å². The average molecular weight is 397 g/mol. The first-order valence-electron chi connectivity index (χ1n) is 7.47. The molecular formula is C15H32IN3O. The number of nitrogens with one attached hydrogen (secondary N) is 2. The number of nitrogens with zero attached hydrogens (tertiary/aromatic N) is 1. The number of halogens is 1. The quantitative estimate of drug-likeness (QED) is 0.411. The van der Waals surface area contributed by atoms with Crippen LogP contribution < -0.4 is 10.6 Å². The van der Waals surface area contributed by atoms with Gasteiger partial charge < -0.3 is 15.4 Å². The van der Waals surface area contributed by atoms with Crippen molar-refractivity contribution in [2.75, 3.05) is 27.2 Å². The summed E-state index contributed by atoms with van der Waals surface area (Å²) in [6.07, 6.45) is 6.69. The van der Waals surface area contributed by atoms with E-state index in [2.05, 4.69) is 36.4 Å². The molecule has 5 heteroatoms. The van der Waals surface area contributed by atoms with E-state index in [9.17, 15) is 0 Å². The maximum Gasteiger partial charge on any atom is 0.191 e. The second-order valence-electron chi connectivity index (χ2n) is 6.30. The lowest BCUT2D eigenvalue weighted by atomic mass is 9.83. The predicted octanol–water partition coefficient (Wildman–Crippen LogP) is 3.16. The molecule has 120 valence electrons. The van der Waals surface area contributed by atoms with Gasteiger partial charge in [0.25, 0.3) is 0 Å². The molecule has 1 aliphatic rings. The lowest BCUT2D eigenvalue weighted by Gasteiger charge is -2.30. The Morgan fingerprint density at radius 2 is 1.85 bits per heavy atom. The van der Waals surface area contributed by atoms with Crippen LogP contribution in [0.5, 0.6) is 0 Å². The summed E-state index contributed by atoms with van der Waals surface area (Å²) < 4.78 is 5.41. The molecule has 0 spiro atoms. The van der Waals surface area contributed by atoms with E-state index in [1.54, 1.807) is 7.11 Å². The van der Waals surface area contributed by atoms with Crippen molar-refractivity contribution < 1.29 is 4.74 Å². The molecule has 0 aromatic carbocycles. The largest absolute Gasteiger partial charge is 0.377 e. The molecule has 1 rings (SSSR count). The first-order valence-corrected chi connectivity index (χ1v) is 7.47. The number of hydrogen-bond acceptors (Lipinski definition) is 2. The van der Waals surface area contributed by atoms with Crippen LogP contribution in [0, 0.1) is 5.41 Å². The molecule has 0 heterocycles. The highest BCUT2D eigenvalue weighted by Gasteiger charge is 2.32. The third-order valence-corrected chi connectivity index (χ3v) is 4.50. The summed E-state index contributed by atoms with van der Waals surface area (Å²) >= 11 is 0. The second kappa shape index (κ2) is 9.07. The number of rotatable bonds is 6. The summed E-state index contributed by atoms with van der Waals surface area (Å²) in [4.78, 5) is 4.29. The van der Waals surface area contributed by atoms with Crippen LogP contribution >= 0.6 is 24.0 Å². The average Bonchev–Trinajstić information content (AvgIpc) is 2.88. The zero-order valence-corrected chi connectivity index (χ0v) is 16.0. The number of aliphatic imine (C=N–C) groups is 1. The van der Waals surface area contributed by atoms with Crippen molar-refractivity contribution >= 4 is 29.9 Å². The fourth-order valence-electron chi connectivity index (χ4n) is 2.64. The molecule has 0 saturated heterocycles. The molecule has 1 aliphatic carbocycles. The van der Waals surface area contributed by atoms with Crippen LogP contribution in [0.25, 0.3) is 0 Å². The number of guanidine groups is 1. The van der Waals surface area contributed by atoms with E-state index in [1.165, 1.54) is 32.1 Å². The highest BCUT2D eigenvalue weighted by Crippen LogP contribution is 2.40. The molecule has 4 nitrogen and oxygen atoms in total. The minimum atomic E-state index is -0.173. The molecule has 20 heavy (non-hydrogen) atoms. The Hall–Kier alpha value is -0.0400. The molecule has 0 bridgehead atoms. The topological polar surface area (TPSA) is 45.7 Å². The van der Waals surface area contributed by atoms with Crippen LogP contribution in [0.2, 0.25) is 0 Å². The minimum Gasteiger partial charge on any atom is -0.377 e. The van der Waals surface area contributed by atoms with E-state index < -0.39 is 0 Å². The first kappa shape index (κ1) is 20.0. The van der Waals surface area contributed by atoms with Crippen LogP contribution in [0.15, 0.2) is 4.99 Å². The monoisotopic (exact) mass is 397 g/mol. The molecule has 0 radical (unpaired) electrons. The van der Waals surface area contributed by atoms with Crippen molar-refractivity contribution in [3.8, 4) is 0 Å². The molecule has 0 amide bonds. The fourth-order valence-corrected chi connectivity index (χ4v) is 2.64. The lowest BCUT2D eigenvalue weighted by Crippen LogP contribution is -2.47. The molecule has 1 fully saturated rings. The maximum absolute atomic E-state index is 5.41. The van der Waals surface area contributed by atoms with Crippen molar-refractivity contribution in [3.63, 3.8) is 0 Å². The van der Waals surface area contributed by atoms with Crippen LogP contribution in [-0.2, 0) is 4.74 Å². The Bertz CT molecular complexity index is 299. The lowest BCUT2D eigenvalue weighted by molar-refractivity contribution is 0.0268. The summed E-state index contributed by atoms with van der Waals surface area (Å²) in [6.45, 7) is 8.21. The summed E-state index contributed by atoms with van der Waals surface area (Å²) in [6, 6.07) is 0. The SMILES string of the molecule is CCC1(CNC(=NC)NCC(C)(C)OC)CCCC1.I. The third-order valence-electron chi connectivity index (χ3n) is 4.50. The van der Waals surface area contributed by atoms with Crippen molar-refractivity contribution in [1.82, 2.24) is 10.6 Å². The molecule has 0 unspecified atom stereocenters. The predicted molar refractivity (Wildman–Crippen MR) is 97.1 cm³/mol. The van der Waals surface area contributed by atoms with Crippen molar-refractivity contribution in [1.29, 1.82) is 0 Å². The van der Waals surface area contributed by atoms with Gasteiger partial charge in [0, 0.05) is 27.2 Å². The van der Waals surface area contributed by atoms with Gasteiger partial charge in [-0.15, -0.1) is 24.0 Å². The normalized spacial score (nSPS) is 18.6. The number of hydrogen-bond donors (Lipinski definition) is 2. The second-order valence-corrected chi connectivity index (χ2v) is 6.30. The highest BCUT2D eigenvalue weighted by molar-refractivity contribution is 14.0. The van der Waals surface area contributed by atoms with Gasteiger partial charge >= 0.3 is 0 Å². The summed E-state index contributed by atoms with van der Waals surface area (Å²) in [7, 11) is 3.56. The summed E-state index contributed by atoms with van der Waals surface area (Å²) in [5, 5.41) is 6.82.